The largest absolute Gasteiger partial charge is 0.495 e. The number of nitrogens with zero attached hydrogens (tertiary/aromatic N) is 1. The Morgan fingerprint density at radius 2 is 2.28 bits per heavy atom. The van der Waals surface area contributed by atoms with Crippen LogP contribution in [-0.2, 0) is 6.42 Å². The lowest BCUT2D eigenvalue weighted by Crippen LogP contribution is -2.06. The number of methoxy groups -OCH3 is 1. The Hall–Kier alpha value is -1.07. The zero-order valence-electron chi connectivity index (χ0n) is 10.4. The summed E-state index contributed by atoms with van der Waals surface area (Å²) in [7, 11) is 1.68. The van der Waals surface area contributed by atoms with Crippen LogP contribution < -0.4 is 10.1 Å². The van der Waals surface area contributed by atoms with Gasteiger partial charge >= 0.3 is 0 Å². The van der Waals surface area contributed by atoms with Gasteiger partial charge in [0, 0.05) is 22.3 Å². The third kappa shape index (κ3) is 3.23. The Morgan fingerprint density at radius 3 is 2.94 bits per heavy atom. The lowest BCUT2D eigenvalue weighted by molar-refractivity contribution is 0.416. The van der Waals surface area contributed by atoms with Crippen molar-refractivity contribution in [1.29, 1.82) is 0 Å². The first-order valence-corrected chi connectivity index (χ1v) is 7.34. The summed E-state index contributed by atoms with van der Waals surface area (Å²) in [6.45, 7) is 2.92. The number of aryl methyl sites for hydroxylation is 1. The molecule has 2 aromatic rings. The Bertz CT molecular complexity index is 527. The maximum Gasteiger partial charge on any atom is 0.142 e. The SMILES string of the molecule is COc1ccc(Br)cc1NCCc1scnc1C. The van der Waals surface area contributed by atoms with E-state index in [0.717, 1.165) is 34.6 Å². The van der Waals surface area contributed by atoms with Crippen molar-refractivity contribution >= 4 is 33.0 Å². The maximum absolute atomic E-state index is 5.32. The highest BCUT2D eigenvalue weighted by molar-refractivity contribution is 9.10. The molecule has 0 spiro atoms. The Labute approximate surface area is 119 Å². The van der Waals surface area contributed by atoms with Gasteiger partial charge in [-0.2, -0.15) is 0 Å². The minimum absolute atomic E-state index is 0.860. The van der Waals surface area contributed by atoms with E-state index in [9.17, 15) is 0 Å². The molecule has 0 saturated heterocycles. The smallest absolute Gasteiger partial charge is 0.142 e. The van der Waals surface area contributed by atoms with Gasteiger partial charge in [-0.25, -0.2) is 4.98 Å². The van der Waals surface area contributed by atoms with Gasteiger partial charge in [0.25, 0.3) is 0 Å². The predicted octanol–water partition coefficient (Wildman–Crippen LogP) is 3.88. The van der Waals surface area contributed by atoms with Crippen LogP contribution in [0.1, 0.15) is 10.6 Å². The molecule has 0 aliphatic heterocycles. The topological polar surface area (TPSA) is 34.1 Å². The van der Waals surface area contributed by atoms with Crippen molar-refractivity contribution in [3.05, 3.63) is 38.8 Å². The molecule has 0 unspecified atom stereocenters. The molecule has 18 heavy (non-hydrogen) atoms. The molecular weight excluding hydrogens is 312 g/mol. The summed E-state index contributed by atoms with van der Waals surface area (Å²) in [4.78, 5) is 5.58. The second-order valence-electron chi connectivity index (χ2n) is 3.88. The summed E-state index contributed by atoms with van der Waals surface area (Å²) in [5.41, 5.74) is 4.03. The van der Waals surface area contributed by atoms with Crippen LogP contribution in [0.25, 0.3) is 0 Å². The summed E-state index contributed by atoms with van der Waals surface area (Å²) in [5, 5.41) is 3.39. The molecule has 1 aromatic carbocycles. The van der Waals surface area contributed by atoms with Crippen LogP contribution in [0.3, 0.4) is 0 Å². The Kier molecular flexibility index (Phi) is 4.60. The van der Waals surface area contributed by atoms with Crippen molar-refractivity contribution < 1.29 is 4.74 Å². The van der Waals surface area contributed by atoms with Gasteiger partial charge in [-0.3, -0.25) is 0 Å². The number of hydrogen-bond donors (Lipinski definition) is 1. The number of ether oxygens (including phenoxy) is 1. The number of hydrogen-bond acceptors (Lipinski definition) is 4. The molecule has 0 fully saturated rings. The lowest BCUT2D eigenvalue weighted by atomic mass is 10.2. The first-order chi connectivity index (χ1) is 8.70. The summed E-state index contributed by atoms with van der Waals surface area (Å²) < 4.78 is 6.36. The fourth-order valence-corrected chi connectivity index (χ4v) is 2.84. The number of thiazole rings is 1. The Balaban J connectivity index is 1.98. The van der Waals surface area contributed by atoms with E-state index >= 15 is 0 Å². The third-order valence-corrected chi connectivity index (χ3v) is 4.16. The standard InChI is InChI=1S/C13H15BrN2OS/c1-9-13(18-8-16-9)5-6-15-11-7-10(14)3-4-12(11)17-2/h3-4,7-8,15H,5-6H2,1-2H3. The lowest BCUT2D eigenvalue weighted by Gasteiger charge is -2.11. The normalized spacial score (nSPS) is 10.4. The third-order valence-electron chi connectivity index (χ3n) is 2.67. The van der Waals surface area contributed by atoms with Gasteiger partial charge < -0.3 is 10.1 Å². The molecule has 0 aliphatic carbocycles. The molecule has 0 amide bonds. The van der Waals surface area contributed by atoms with E-state index in [4.69, 9.17) is 4.74 Å². The van der Waals surface area contributed by atoms with Crippen LogP contribution in [0.15, 0.2) is 28.2 Å². The number of rotatable bonds is 5. The van der Waals surface area contributed by atoms with Gasteiger partial charge in [-0.1, -0.05) is 15.9 Å². The molecule has 1 N–H and O–H groups in total. The van der Waals surface area contributed by atoms with Crippen molar-refractivity contribution in [2.75, 3.05) is 19.0 Å². The summed E-state index contributed by atoms with van der Waals surface area (Å²) >= 11 is 5.17. The van der Waals surface area contributed by atoms with Crippen LogP contribution in [0.5, 0.6) is 5.75 Å². The molecule has 3 nitrogen and oxygen atoms in total. The van der Waals surface area contributed by atoms with Gasteiger partial charge in [0.2, 0.25) is 0 Å². The van der Waals surface area contributed by atoms with Crippen molar-refractivity contribution in [3.63, 3.8) is 0 Å². The van der Waals surface area contributed by atoms with Gasteiger partial charge in [0.1, 0.15) is 5.75 Å². The van der Waals surface area contributed by atoms with E-state index in [2.05, 4.69) is 26.2 Å². The van der Waals surface area contributed by atoms with Gasteiger partial charge in [0.15, 0.2) is 0 Å². The average molecular weight is 327 g/mol. The number of aromatic nitrogens is 1. The molecule has 0 bridgehead atoms. The van der Waals surface area contributed by atoms with Crippen molar-refractivity contribution in [1.82, 2.24) is 4.98 Å². The highest BCUT2D eigenvalue weighted by Gasteiger charge is 2.04. The van der Waals surface area contributed by atoms with Crippen molar-refractivity contribution in [2.45, 2.75) is 13.3 Å². The van der Waals surface area contributed by atoms with Crippen molar-refractivity contribution in [3.8, 4) is 5.75 Å². The number of anilines is 1. The predicted molar refractivity (Wildman–Crippen MR) is 79.7 cm³/mol. The quantitative estimate of drug-likeness (QED) is 0.905. The molecule has 5 heteroatoms. The van der Waals surface area contributed by atoms with E-state index in [1.807, 2.05) is 30.6 Å². The van der Waals surface area contributed by atoms with E-state index in [1.165, 1.54) is 4.88 Å². The average Bonchev–Trinajstić information content (AvgIpc) is 2.76. The van der Waals surface area contributed by atoms with Gasteiger partial charge in [-0.05, 0) is 25.1 Å². The Morgan fingerprint density at radius 1 is 1.44 bits per heavy atom. The van der Waals surface area contributed by atoms with Crippen LogP contribution in [0.2, 0.25) is 0 Å². The molecule has 1 aromatic heterocycles. The highest BCUT2D eigenvalue weighted by atomic mass is 79.9. The number of halogens is 1. The number of nitrogens with one attached hydrogen (secondary N) is 1. The van der Waals surface area contributed by atoms with E-state index in [1.54, 1.807) is 18.4 Å². The van der Waals surface area contributed by atoms with E-state index in [0.29, 0.717) is 0 Å². The zero-order chi connectivity index (χ0) is 13.0. The van der Waals surface area contributed by atoms with Crippen LogP contribution in [0, 0.1) is 6.92 Å². The minimum Gasteiger partial charge on any atom is -0.495 e. The fraction of sp³-hybridized carbons (Fsp3) is 0.308. The fourth-order valence-electron chi connectivity index (χ4n) is 1.70. The summed E-state index contributed by atoms with van der Waals surface area (Å²) in [5.74, 6) is 0.860. The van der Waals surface area contributed by atoms with E-state index < -0.39 is 0 Å². The maximum atomic E-state index is 5.32. The first kappa shape index (κ1) is 13.4. The molecular formula is C13H15BrN2OS. The molecule has 0 atom stereocenters. The minimum atomic E-state index is 0.860. The van der Waals surface area contributed by atoms with E-state index in [-0.39, 0.29) is 0 Å². The number of benzene rings is 1. The summed E-state index contributed by atoms with van der Waals surface area (Å²) in [6.07, 6.45) is 0.978. The molecule has 0 radical (unpaired) electrons. The molecule has 1 heterocycles. The first-order valence-electron chi connectivity index (χ1n) is 5.67. The molecule has 96 valence electrons. The van der Waals surface area contributed by atoms with Crippen molar-refractivity contribution in [2.24, 2.45) is 0 Å². The van der Waals surface area contributed by atoms with Gasteiger partial charge in [0.05, 0.1) is 24.0 Å². The van der Waals surface area contributed by atoms with Gasteiger partial charge in [-0.15, -0.1) is 11.3 Å². The monoisotopic (exact) mass is 326 g/mol. The molecule has 0 saturated carbocycles. The van der Waals surface area contributed by atoms with Crippen LogP contribution in [0.4, 0.5) is 5.69 Å². The zero-order valence-corrected chi connectivity index (χ0v) is 12.8. The molecule has 0 aliphatic rings. The highest BCUT2D eigenvalue weighted by Crippen LogP contribution is 2.27. The van der Waals surface area contributed by atoms with Crippen LogP contribution in [-0.4, -0.2) is 18.6 Å². The second kappa shape index (κ2) is 6.20. The van der Waals surface area contributed by atoms with Crippen LogP contribution >= 0.6 is 27.3 Å². The second-order valence-corrected chi connectivity index (χ2v) is 5.74. The summed E-state index contributed by atoms with van der Waals surface area (Å²) in [6, 6.07) is 5.94. The molecule has 2 rings (SSSR count).